The maximum atomic E-state index is 13.3. The number of nitrogens with one attached hydrogen (secondary N) is 1. The van der Waals surface area contributed by atoms with Crippen LogP contribution in [-0.4, -0.2) is 29.4 Å². The lowest BCUT2D eigenvalue weighted by Crippen LogP contribution is -2.08. The van der Waals surface area contributed by atoms with E-state index in [4.69, 9.17) is 0 Å². The van der Waals surface area contributed by atoms with Gasteiger partial charge < -0.3 is 5.32 Å². The topological polar surface area (TPSA) is 84.8 Å². The van der Waals surface area contributed by atoms with E-state index in [2.05, 4.69) is 20.3 Å². The molecule has 4 rings (SSSR count). The highest BCUT2D eigenvalue weighted by Gasteiger charge is 2.34. The van der Waals surface area contributed by atoms with Gasteiger partial charge in [0.25, 0.3) is 0 Å². The second-order valence-electron chi connectivity index (χ2n) is 6.72. The Balaban J connectivity index is 1.70. The highest BCUT2D eigenvalue weighted by molar-refractivity contribution is 7.91. The number of rotatable bonds is 5. The fourth-order valence-corrected chi connectivity index (χ4v) is 3.79. The van der Waals surface area contributed by atoms with Crippen molar-refractivity contribution in [3.63, 3.8) is 0 Å². The van der Waals surface area contributed by atoms with Crippen molar-refractivity contribution in [2.75, 3.05) is 11.3 Å². The third-order valence-corrected chi connectivity index (χ3v) is 5.92. The van der Waals surface area contributed by atoms with Gasteiger partial charge in [0, 0.05) is 22.8 Å². The molecule has 11 heteroatoms. The molecule has 2 aromatic carbocycles. The van der Waals surface area contributed by atoms with Crippen LogP contribution in [0.25, 0.3) is 22.2 Å². The molecule has 0 aliphatic carbocycles. The number of fused-ring (bicyclic) bond motifs is 1. The van der Waals surface area contributed by atoms with E-state index >= 15 is 0 Å². The molecule has 2 heterocycles. The van der Waals surface area contributed by atoms with Crippen LogP contribution in [0.15, 0.2) is 72.0 Å². The first-order chi connectivity index (χ1) is 15.2. The van der Waals surface area contributed by atoms with Crippen LogP contribution in [0.3, 0.4) is 0 Å². The number of aromatic nitrogens is 3. The Bertz CT molecular complexity index is 1390. The molecule has 0 bridgehead atoms. The number of halogens is 4. The molecule has 0 saturated carbocycles. The maximum absolute atomic E-state index is 13.3. The van der Waals surface area contributed by atoms with Gasteiger partial charge in [-0.25, -0.2) is 22.8 Å². The Hall–Kier alpha value is -3.60. The summed E-state index contributed by atoms with van der Waals surface area (Å²) in [5, 5.41) is 3.53. The lowest BCUT2D eigenvalue weighted by molar-refractivity contribution is -0.137. The van der Waals surface area contributed by atoms with Crippen LogP contribution >= 0.6 is 0 Å². The van der Waals surface area contributed by atoms with Crippen LogP contribution in [0.4, 0.5) is 29.1 Å². The summed E-state index contributed by atoms with van der Waals surface area (Å²) in [6.07, 6.45) is -2.02. The zero-order valence-electron chi connectivity index (χ0n) is 16.1. The number of anilines is 2. The summed E-state index contributed by atoms with van der Waals surface area (Å²) >= 11 is 0. The van der Waals surface area contributed by atoms with Gasteiger partial charge in [-0.15, -0.1) is 0 Å². The molecule has 164 valence electrons. The molecule has 0 amide bonds. The number of nitrogens with zero attached hydrogens (tertiary/aromatic N) is 3. The van der Waals surface area contributed by atoms with Gasteiger partial charge in [0.05, 0.1) is 21.7 Å². The summed E-state index contributed by atoms with van der Waals surface area (Å²) in [6, 6.07) is 10.7. The van der Waals surface area contributed by atoms with E-state index in [1.807, 2.05) is 0 Å². The second kappa shape index (κ2) is 8.15. The Morgan fingerprint density at radius 2 is 1.69 bits per heavy atom. The van der Waals surface area contributed by atoms with Crippen molar-refractivity contribution in [1.82, 2.24) is 15.0 Å². The van der Waals surface area contributed by atoms with Crippen molar-refractivity contribution >= 4 is 32.2 Å². The van der Waals surface area contributed by atoms with Crippen molar-refractivity contribution in [3.8, 4) is 11.3 Å². The minimum atomic E-state index is -4.56. The van der Waals surface area contributed by atoms with Crippen LogP contribution < -0.4 is 5.32 Å². The number of hydrogen-bond donors (Lipinski definition) is 1. The Morgan fingerprint density at radius 3 is 2.38 bits per heavy atom. The van der Waals surface area contributed by atoms with Gasteiger partial charge in [-0.2, -0.15) is 13.2 Å². The molecule has 0 spiro atoms. The lowest BCUT2D eigenvalue weighted by Gasteiger charge is -2.13. The number of hydrogen-bond acceptors (Lipinski definition) is 6. The number of alkyl halides is 4. The van der Waals surface area contributed by atoms with Crippen molar-refractivity contribution in [2.24, 2.45) is 0 Å². The quantitative estimate of drug-likeness (QED) is 0.413. The second-order valence-corrected chi connectivity index (χ2v) is 8.64. The summed E-state index contributed by atoms with van der Waals surface area (Å²) in [4.78, 5) is 12.0. The molecule has 0 aliphatic heterocycles. The zero-order valence-corrected chi connectivity index (χ0v) is 17.0. The largest absolute Gasteiger partial charge is 0.418 e. The van der Waals surface area contributed by atoms with Gasteiger partial charge in [-0.05, 0) is 48.5 Å². The normalized spacial score (nSPS) is 12.1. The first-order valence-electron chi connectivity index (χ1n) is 9.12. The summed E-state index contributed by atoms with van der Waals surface area (Å²) < 4.78 is 75.8. The van der Waals surface area contributed by atoms with Crippen molar-refractivity contribution in [1.29, 1.82) is 0 Å². The molecule has 0 radical (unpaired) electrons. The van der Waals surface area contributed by atoms with Gasteiger partial charge in [0.2, 0.25) is 9.84 Å². The standard InChI is InChI=1S/C21H14F4N4O2S/c22-11-32(30,31)15-6-4-14(5-7-15)29-20-16-8-3-13(10-18(16)27-12-28-20)19-17(21(23,24)25)2-1-9-26-19/h1-10,12H,11H2,(H,27,28,29). The molecule has 0 aliphatic rings. The van der Waals surface area contributed by atoms with E-state index in [0.717, 1.165) is 6.07 Å². The SMILES string of the molecule is O=S(=O)(CF)c1ccc(Nc2ncnc3cc(-c4ncccc4C(F)(F)F)ccc23)cc1. The molecule has 0 unspecified atom stereocenters. The highest BCUT2D eigenvalue weighted by Crippen LogP contribution is 2.36. The van der Waals surface area contributed by atoms with E-state index in [0.29, 0.717) is 22.4 Å². The summed E-state index contributed by atoms with van der Waals surface area (Å²) in [7, 11) is -3.97. The van der Waals surface area contributed by atoms with Gasteiger partial charge in [-0.1, -0.05) is 6.07 Å². The van der Waals surface area contributed by atoms with Crippen LogP contribution in [0.1, 0.15) is 5.56 Å². The average molecular weight is 462 g/mol. The van der Waals surface area contributed by atoms with Gasteiger partial charge in [0.15, 0.2) is 6.01 Å². The molecule has 2 aromatic heterocycles. The zero-order chi connectivity index (χ0) is 22.9. The van der Waals surface area contributed by atoms with E-state index in [1.165, 1.54) is 55.0 Å². The smallest absolute Gasteiger partial charge is 0.340 e. The predicted octanol–water partition coefficient (Wildman–Crippen LogP) is 5.15. The molecule has 1 N–H and O–H groups in total. The van der Waals surface area contributed by atoms with Gasteiger partial charge >= 0.3 is 6.18 Å². The minimum absolute atomic E-state index is 0.154. The molecule has 6 nitrogen and oxygen atoms in total. The van der Waals surface area contributed by atoms with Crippen LogP contribution in [0.5, 0.6) is 0 Å². The predicted molar refractivity (Wildman–Crippen MR) is 111 cm³/mol. The lowest BCUT2D eigenvalue weighted by atomic mass is 10.0. The number of pyridine rings is 1. The molecule has 0 saturated heterocycles. The van der Waals surface area contributed by atoms with E-state index in [-0.39, 0.29) is 16.2 Å². The van der Waals surface area contributed by atoms with E-state index in [1.54, 1.807) is 6.07 Å². The summed E-state index contributed by atoms with van der Waals surface area (Å²) in [5.41, 5.74) is 0.0528. The van der Waals surface area contributed by atoms with Gasteiger partial charge in [-0.3, -0.25) is 4.98 Å². The van der Waals surface area contributed by atoms with Gasteiger partial charge in [0.1, 0.15) is 12.1 Å². The summed E-state index contributed by atoms with van der Waals surface area (Å²) in [6.45, 7) is 0. The molecule has 32 heavy (non-hydrogen) atoms. The third kappa shape index (κ3) is 4.24. The van der Waals surface area contributed by atoms with Crippen molar-refractivity contribution in [2.45, 2.75) is 11.1 Å². The first-order valence-corrected chi connectivity index (χ1v) is 10.8. The maximum Gasteiger partial charge on any atom is 0.418 e. The highest BCUT2D eigenvalue weighted by atomic mass is 32.2. The summed E-state index contributed by atoms with van der Waals surface area (Å²) in [5.74, 6) is 0.361. The number of benzene rings is 2. The Labute approximate surface area is 179 Å². The first kappa shape index (κ1) is 21.6. The van der Waals surface area contributed by atoms with Crippen LogP contribution in [-0.2, 0) is 16.0 Å². The fraction of sp³-hybridized carbons (Fsp3) is 0.0952. The molecule has 0 atom stereocenters. The van der Waals surface area contributed by atoms with E-state index in [9.17, 15) is 26.0 Å². The Kier molecular flexibility index (Phi) is 5.51. The van der Waals surface area contributed by atoms with Crippen LogP contribution in [0.2, 0.25) is 0 Å². The average Bonchev–Trinajstić information content (AvgIpc) is 2.79. The molecule has 0 fully saturated rings. The van der Waals surface area contributed by atoms with Crippen LogP contribution in [0, 0.1) is 0 Å². The number of sulfone groups is 1. The molecular weight excluding hydrogens is 448 g/mol. The minimum Gasteiger partial charge on any atom is -0.340 e. The molecular formula is C21H14F4N4O2S. The molecule has 4 aromatic rings. The monoisotopic (exact) mass is 462 g/mol. The Morgan fingerprint density at radius 1 is 0.938 bits per heavy atom. The third-order valence-electron chi connectivity index (χ3n) is 4.64. The fourth-order valence-electron chi connectivity index (χ4n) is 3.11. The van der Waals surface area contributed by atoms with Crippen molar-refractivity contribution in [3.05, 3.63) is 72.7 Å². The van der Waals surface area contributed by atoms with E-state index < -0.39 is 27.6 Å². The van der Waals surface area contributed by atoms with Crippen molar-refractivity contribution < 1.29 is 26.0 Å².